The Labute approximate surface area is 201 Å². The molecule has 1 amide bonds. The molecule has 0 saturated heterocycles. The second kappa shape index (κ2) is 8.76. The second-order valence-corrected chi connectivity index (χ2v) is 8.57. The monoisotopic (exact) mass is 472 g/mol. The lowest BCUT2D eigenvalue weighted by atomic mass is 9.89. The summed E-state index contributed by atoms with van der Waals surface area (Å²) in [7, 11) is 0. The van der Waals surface area contributed by atoms with Crippen LogP contribution in [0.25, 0.3) is 11.3 Å². The summed E-state index contributed by atoms with van der Waals surface area (Å²) in [5, 5.41) is 20.3. The number of aryl methyl sites for hydroxylation is 2. The van der Waals surface area contributed by atoms with Crippen LogP contribution in [0.15, 0.2) is 67.1 Å². The van der Waals surface area contributed by atoms with E-state index in [2.05, 4.69) is 15.0 Å². The number of carbonyl (C=O) groups is 1. The van der Waals surface area contributed by atoms with Gasteiger partial charge in [-0.25, -0.2) is 9.97 Å². The van der Waals surface area contributed by atoms with Crippen molar-refractivity contribution >= 4 is 23.2 Å². The van der Waals surface area contributed by atoms with E-state index in [0.717, 1.165) is 40.1 Å². The van der Waals surface area contributed by atoms with Gasteiger partial charge in [0.25, 0.3) is 5.91 Å². The number of pyridine rings is 1. The van der Waals surface area contributed by atoms with Crippen molar-refractivity contribution in [2.45, 2.75) is 25.8 Å². The van der Waals surface area contributed by atoms with Gasteiger partial charge in [0.15, 0.2) is 0 Å². The first-order valence-corrected chi connectivity index (χ1v) is 11.2. The van der Waals surface area contributed by atoms with E-state index in [4.69, 9.17) is 11.6 Å². The Morgan fingerprint density at radius 1 is 1.12 bits per heavy atom. The third-order valence-corrected chi connectivity index (χ3v) is 6.24. The third kappa shape index (κ3) is 3.95. The Kier molecular flexibility index (Phi) is 5.63. The number of nitrogens with zero attached hydrogens (tertiary/aromatic N) is 4. The van der Waals surface area contributed by atoms with Gasteiger partial charge in [0, 0.05) is 35.9 Å². The number of phenols is 2. The molecule has 170 valence electrons. The zero-order chi connectivity index (χ0) is 23.8. The lowest BCUT2D eigenvalue weighted by Crippen LogP contribution is -2.38. The Balaban J connectivity index is 1.63. The average Bonchev–Trinajstić information content (AvgIpc) is 2.84. The van der Waals surface area contributed by atoms with E-state index >= 15 is 0 Å². The van der Waals surface area contributed by atoms with E-state index in [9.17, 15) is 15.0 Å². The summed E-state index contributed by atoms with van der Waals surface area (Å²) >= 11 is 6.03. The van der Waals surface area contributed by atoms with Gasteiger partial charge in [-0.15, -0.1) is 0 Å². The van der Waals surface area contributed by atoms with Gasteiger partial charge in [0.05, 0.1) is 17.3 Å². The highest BCUT2D eigenvalue weighted by atomic mass is 35.5. The molecule has 3 heterocycles. The molecule has 0 aliphatic carbocycles. The molecule has 0 radical (unpaired) electrons. The number of halogens is 1. The van der Waals surface area contributed by atoms with Crippen LogP contribution in [-0.4, -0.2) is 31.1 Å². The SMILES string of the molecule is Cc1cnc(Cl)nc1-c1ccc2c(c1)CCC(c1cccnc1)N2C(=O)c1ccc(O)cc1O. The number of hydrogen-bond donors (Lipinski definition) is 2. The highest BCUT2D eigenvalue weighted by Crippen LogP contribution is 2.42. The van der Waals surface area contributed by atoms with Gasteiger partial charge in [-0.3, -0.25) is 9.78 Å². The standard InChI is InChI=1S/C26H21ClN4O3/c1-15-13-29-26(27)30-24(15)17-5-9-21-16(11-17)4-8-22(18-3-2-10-28-14-18)31(21)25(34)20-7-6-19(32)12-23(20)33/h2-3,5-7,9-14,22,32-33H,4,8H2,1H3. The number of amides is 1. The summed E-state index contributed by atoms with van der Waals surface area (Å²) in [6, 6.07) is 13.4. The van der Waals surface area contributed by atoms with Crippen molar-refractivity contribution in [1.29, 1.82) is 0 Å². The number of fused-ring (bicyclic) bond motifs is 1. The molecule has 1 atom stereocenters. The van der Waals surface area contributed by atoms with Gasteiger partial charge >= 0.3 is 0 Å². The van der Waals surface area contributed by atoms with Gasteiger partial charge in [0.2, 0.25) is 5.28 Å². The summed E-state index contributed by atoms with van der Waals surface area (Å²) in [4.78, 5) is 28.1. The fourth-order valence-corrected chi connectivity index (χ4v) is 4.57. The number of aromatic hydroxyl groups is 2. The molecule has 2 aromatic heterocycles. The molecule has 2 N–H and O–H groups in total. The molecule has 5 rings (SSSR count). The van der Waals surface area contributed by atoms with Crippen LogP contribution < -0.4 is 4.90 Å². The summed E-state index contributed by atoms with van der Waals surface area (Å²) in [6.45, 7) is 1.92. The van der Waals surface area contributed by atoms with Crippen molar-refractivity contribution in [3.8, 4) is 22.8 Å². The third-order valence-electron chi connectivity index (χ3n) is 6.05. The Morgan fingerprint density at radius 2 is 1.97 bits per heavy atom. The molecule has 34 heavy (non-hydrogen) atoms. The first-order chi connectivity index (χ1) is 16.4. The van der Waals surface area contributed by atoms with Crippen LogP contribution in [0.5, 0.6) is 11.5 Å². The molecule has 4 aromatic rings. The molecule has 0 saturated carbocycles. The van der Waals surface area contributed by atoms with Crippen LogP contribution in [0, 0.1) is 6.92 Å². The van der Waals surface area contributed by atoms with Crippen LogP contribution in [0.4, 0.5) is 5.69 Å². The van der Waals surface area contributed by atoms with Crippen molar-refractivity contribution in [3.05, 3.63) is 94.7 Å². The maximum absolute atomic E-state index is 13.8. The number of anilines is 1. The van der Waals surface area contributed by atoms with Crippen molar-refractivity contribution in [3.63, 3.8) is 0 Å². The summed E-state index contributed by atoms with van der Waals surface area (Å²) < 4.78 is 0. The molecule has 7 nitrogen and oxygen atoms in total. The van der Waals surface area contributed by atoms with Crippen molar-refractivity contribution in [2.75, 3.05) is 4.90 Å². The molecule has 0 bridgehead atoms. The summed E-state index contributed by atoms with van der Waals surface area (Å²) in [5.41, 5.74) is 5.28. The maximum Gasteiger partial charge on any atom is 0.262 e. The maximum atomic E-state index is 13.8. The number of carbonyl (C=O) groups excluding carboxylic acids is 1. The largest absolute Gasteiger partial charge is 0.508 e. The highest BCUT2D eigenvalue weighted by molar-refractivity contribution is 6.28. The summed E-state index contributed by atoms with van der Waals surface area (Å²) in [5.74, 6) is -0.744. The smallest absolute Gasteiger partial charge is 0.262 e. The lowest BCUT2D eigenvalue weighted by Gasteiger charge is -2.38. The summed E-state index contributed by atoms with van der Waals surface area (Å²) in [6.07, 6.45) is 6.56. The molecule has 0 fully saturated rings. The molecule has 1 aliphatic heterocycles. The minimum Gasteiger partial charge on any atom is -0.508 e. The number of rotatable bonds is 3. The molecule has 1 unspecified atom stereocenters. The molecular weight excluding hydrogens is 452 g/mol. The van der Waals surface area contributed by atoms with Crippen LogP contribution >= 0.6 is 11.6 Å². The number of phenolic OH excluding ortho intramolecular Hbond substituents is 2. The van der Waals surface area contributed by atoms with Gasteiger partial charge in [0.1, 0.15) is 11.5 Å². The normalized spacial score (nSPS) is 15.1. The van der Waals surface area contributed by atoms with E-state index < -0.39 is 0 Å². The first kappa shape index (κ1) is 21.9. The Hall–Kier alpha value is -3.97. The minimum absolute atomic E-state index is 0.111. The van der Waals surface area contributed by atoms with Gasteiger partial charge in [-0.05, 0) is 78.4 Å². The Bertz CT molecular complexity index is 1390. The lowest BCUT2D eigenvalue weighted by molar-refractivity contribution is 0.0970. The first-order valence-electron chi connectivity index (χ1n) is 10.8. The molecule has 8 heteroatoms. The van der Waals surface area contributed by atoms with E-state index in [1.54, 1.807) is 23.5 Å². The highest BCUT2D eigenvalue weighted by Gasteiger charge is 2.34. The number of aromatic nitrogens is 3. The number of benzene rings is 2. The fourth-order valence-electron chi connectivity index (χ4n) is 4.44. The van der Waals surface area contributed by atoms with Crippen LogP contribution in [0.2, 0.25) is 5.28 Å². The van der Waals surface area contributed by atoms with Crippen LogP contribution in [0.3, 0.4) is 0 Å². The molecule has 0 spiro atoms. The quantitative estimate of drug-likeness (QED) is 0.395. The van der Waals surface area contributed by atoms with E-state index in [-0.39, 0.29) is 34.3 Å². The van der Waals surface area contributed by atoms with E-state index in [1.165, 1.54) is 18.2 Å². The topological polar surface area (TPSA) is 99.4 Å². The number of hydrogen-bond acceptors (Lipinski definition) is 6. The predicted octanol–water partition coefficient (Wildman–Crippen LogP) is 5.25. The van der Waals surface area contributed by atoms with Crippen LogP contribution in [0.1, 0.15) is 39.5 Å². The predicted molar refractivity (Wildman–Crippen MR) is 129 cm³/mol. The van der Waals surface area contributed by atoms with E-state index in [0.29, 0.717) is 6.42 Å². The zero-order valence-electron chi connectivity index (χ0n) is 18.3. The fraction of sp³-hybridized carbons (Fsp3) is 0.154. The van der Waals surface area contributed by atoms with Gasteiger partial charge in [-0.1, -0.05) is 12.1 Å². The Morgan fingerprint density at radius 3 is 2.74 bits per heavy atom. The molecule has 1 aliphatic rings. The minimum atomic E-state index is -0.360. The van der Waals surface area contributed by atoms with E-state index in [1.807, 2.05) is 37.3 Å². The average molecular weight is 473 g/mol. The van der Waals surface area contributed by atoms with Gasteiger partial charge in [-0.2, -0.15) is 0 Å². The van der Waals surface area contributed by atoms with Crippen molar-refractivity contribution < 1.29 is 15.0 Å². The zero-order valence-corrected chi connectivity index (χ0v) is 19.1. The van der Waals surface area contributed by atoms with Gasteiger partial charge < -0.3 is 15.1 Å². The molecular formula is C26H21ClN4O3. The van der Waals surface area contributed by atoms with Crippen LogP contribution in [-0.2, 0) is 6.42 Å². The van der Waals surface area contributed by atoms with Crippen molar-refractivity contribution in [2.24, 2.45) is 0 Å². The van der Waals surface area contributed by atoms with Crippen molar-refractivity contribution in [1.82, 2.24) is 15.0 Å². The molecule has 2 aromatic carbocycles. The second-order valence-electron chi connectivity index (χ2n) is 8.23.